The molecule has 0 bridgehead atoms. The lowest BCUT2D eigenvalue weighted by atomic mass is 9.95. The summed E-state index contributed by atoms with van der Waals surface area (Å²) < 4.78 is 2.29. The first kappa shape index (κ1) is 12.9. The van der Waals surface area contributed by atoms with Crippen LogP contribution < -0.4 is 5.73 Å². The number of aromatic nitrogens is 1. The molecule has 0 atom stereocenters. The van der Waals surface area contributed by atoms with Crippen LogP contribution in [-0.4, -0.2) is 4.57 Å². The summed E-state index contributed by atoms with van der Waals surface area (Å²) in [6.45, 7) is 4.99. The van der Waals surface area contributed by atoms with Crippen molar-refractivity contribution in [2.75, 3.05) is 0 Å². The van der Waals surface area contributed by atoms with E-state index >= 15 is 0 Å². The maximum absolute atomic E-state index is 6.32. The summed E-state index contributed by atoms with van der Waals surface area (Å²) in [5, 5.41) is 1.25. The number of fused-ring (bicyclic) bond motifs is 1. The van der Waals surface area contributed by atoms with Crippen molar-refractivity contribution in [1.29, 1.82) is 0 Å². The van der Waals surface area contributed by atoms with Gasteiger partial charge in [-0.25, -0.2) is 0 Å². The van der Waals surface area contributed by atoms with Gasteiger partial charge in [-0.2, -0.15) is 0 Å². The molecule has 0 spiro atoms. The lowest BCUT2D eigenvalue weighted by Gasteiger charge is -2.17. The van der Waals surface area contributed by atoms with Crippen LogP contribution in [0.3, 0.4) is 0 Å². The van der Waals surface area contributed by atoms with E-state index in [2.05, 4.69) is 73.1 Å². The topological polar surface area (TPSA) is 30.9 Å². The smallest absolute Gasteiger partial charge is 0.0487 e. The van der Waals surface area contributed by atoms with Crippen LogP contribution in [0.5, 0.6) is 0 Å². The number of nitrogens with zero attached hydrogens (tertiary/aromatic N) is 1. The standard InChI is InChI=1S/C18H20N2/c1-18(2,19)16-13-20(12-14-8-4-3-5-9-14)17-11-7-6-10-15(16)17/h3-11,13H,12,19H2,1-2H3. The van der Waals surface area contributed by atoms with Crippen LogP contribution in [0, 0.1) is 0 Å². The SMILES string of the molecule is CC(C)(N)c1cn(Cc2ccccc2)c2ccccc12. The molecular formula is C18H20N2. The Labute approximate surface area is 119 Å². The molecule has 0 fully saturated rings. The molecule has 0 saturated carbocycles. The molecule has 1 aromatic heterocycles. The minimum absolute atomic E-state index is 0.332. The molecule has 2 aromatic carbocycles. The van der Waals surface area contributed by atoms with Gasteiger partial charge in [0.2, 0.25) is 0 Å². The monoisotopic (exact) mass is 264 g/mol. The highest BCUT2D eigenvalue weighted by atomic mass is 15.0. The second-order valence-corrected chi connectivity index (χ2v) is 5.90. The van der Waals surface area contributed by atoms with E-state index in [1.54, 1.807) is 0 Å². The molecule has 0 aliphatic rings. The largest absolute Gasteiger partial charge is 0.343 e. The molecule has 0 radical (unpaired) electrons. The molecule has 0 amide bonds. The van der Waals surface area contributed by atoms with E-state index in [0.717, 1.165) is 6.54 Å². The van der Waals surface area contributed by atoms with Gasteiger partial charge < -0.3 is 10.3 Å². The average molecular weight is 264 g/mol. The molecule has 0 saturated heterocycles. The molecule has 20 heavy (non-hydrogen) atoms. The highest BCUT2D eigenvalue weighted by Gasteiger charge is 2.20. The number of nitrogens with two attached hydrogens (primary N) is 1. The van der Waals surface area contributed by atoms with Crippen molar-refractivity contribution in [3.63, 3.8) is 0 Å². The number of rotatable bonds is 3. The van der Waals surface area contributed by atoms with Crippen molar-refractivity contribution >= 4 is 10.9 Å². The molecule has 0 aliphatic heterocycles. The maximum Gasteiger partial charge on any atom is 0.0487 e. The zero-order chi connectivity index (χ0) is 14.2. The normalized spacial score (nSPS) is 11.9. The molecule has 2 heteroatoms. The van der Waals surface area contributed by atoms with Gasteiger partial charge in [0.1, 0.15) is 0 Å². The summed E-state index contributed by atoms with van der Waals surface area (Å²) >= 11 is 0. The number of hydrogen-bond donors (Lipinski definition) is 1. The van der Waals surface area contributed by atoms with Gasteiger partial charge in [0, 0.05) is 29.2 Å². The van der Waals surface area contributed by atoms with Crippen molar-refractivity contribution in [3.8, 4) is 0 Å². The van der Waals surface area contributed by atoms with Crippen LogP contribution in [0.2, 0.25) is 0 Å². The van der Waals surface area contributed by atoms with Crippen molar-refractivity contribution in [3.05, 3.63) is 71.9 Å². The average Bonchev–Trinajstić information content (AvgIpc) is 2.79. The van der Waals surface area contributed by atoms with E-state index in [-0.39, 0.29) is 5.54 Å². The predicted octanol–water partition coefficient (Wildman–Crippen LogP) is 3.88. The summed E-state index contributed by atoms with van der Waals surface area (Å²) in [7, 11) is 0. The predicted molar refractivity (Wildman–Crippen MR) is 84.7 cm³/mol. The van der Waals surface area contributed by atoms with E-state index in [1.165, 1.54) is 22.0 Å². The Morgan fingerprint density at radius 2 is 1.60 bits per heavy atom. The molecule has 1 heterocycles. The molecule has 2 nitrogen and oxygen atoms in total. The fourth-order valence-electron chi connectivity index (χ4n) is 2.67. The summed E-state index contributed by atoms with van der Waals surface area (Å²) in [5.74, 6) is 0. The van der Waals surface area contributed by atoms with Crippen LogP contribution >= 0.6 is 0 Å². The van der Waals surface area contributed by atoms with Gasteiger partial charge in [0.15, 0.2) is 0 Å². The first-order valence-corrected chi connectivity index (χ1v) is 6.97. The van der Waals surface area contributed by atoms with Gasteiger partial charge in [-0.15, -0.1) is 0 Å². The highest BCUT2D eigenvalue weighted by Crippen LogP contribution is 2.29. The third-order valence-electron chi connectivity index (χ3n) is 3.68. The second kappa shape index (κ2) is 4.80. The molecule has 0 aliphatic carbocycles. The van der Waals surface area contributed by atoms with E-state index in [0.29, 0.717) is 0 Å². The quantitative estimate of drug-likeness (QED) is 0.764. The number of hydrogen-bond acceptors (Lipinski definition) is 1. The summed E-state index contributed by atoms with van der Waals surface area (Å²) in [6.07, 6.45) is 2.19. The Balaban J connectivity index is 2.12. The van der Waals surface area contributed by atoms with Crippen molar-refractivity contribution < 1.29 is 0 Å². The summed E-state index contributed by atoms with van der Waals surface area (Å²) in [6, 6.07) is 19.0. The fourth-order valence-corrected chi connectivity index (χ4v) is 2.67. The highest BCUT2D eigenvalue weighted by molar-refractivity contribution is 5.85. The van der Waals surface area contributed by atoms with E-state index < -0.39 is 0 Å². The summed E-state index contributed by atoms with van der Waals surface area (Å²) in [4.78, 5) is 0. The Kier molecular flexibility index (Phi) is 3.11. The van der Waals surface area contributed by atoms with Gasteiger partial charge in [-0.1, -0.05) is 48.5 Å². The zero-order valence-corrected chi connectivity index (χ0v) is 12.0. The minimum atomic E-state index is -0.332. The summed E-state index contributed by atoms with van der Waals surface area (Å²) in [5.41, 5.74) is 9.72. The van der Waals surface area contributed by atoms with Crippen molar-refractivity contribution in [1.82, 2.24) is 4.57 Å². The third-order valence-corrected chi connectivity index (χ3v) is 3.68. The zero-order valence-electron chi connectivity index (χ0n) is 12.0. The molecule has 0 unspecified atom stereocenters. The van der Waals surface area contributed by atoms with Crippen LogP contribution in [0.25, 0.3) is 10.9 Å². The lowest BCUT2D eigenvalue weighted by Crippen LogP contribution is -2.28. The van der Waals surface area contributed by atoms with Gasteiger partial charge in [0.25, 0.3) is 0 Å². The molecular weight excluding hydrogens is 244 g/mol. The van der Waals surface area contributed by atoms with Crippen LogP contribution in [0.1, 0.15) is 25.0 Å². The van der Waals surface area contributed by atoms with Crippen LogP contribution in [0.15, 0.2) is 60.8 Å². The van der Waals surface area contributed by atoms with Crippen LogP contribution in [0.4, 0.5) is 0 Å². The Bertz CT molecular complexity index is 718. The van der Waals surface area contributed by atoms with Crippen molar-refractivity contribution in [2.45, 2.75) is 25.9 Å². The fraction of sp³-hybridized carbons (Fsp3) is 0.222. The van der Waals surface area contributed by atoms with E-state index in [4.69, 9.17) is 5.73 Å². The number of para-hydroxylation sites is 1. The Morgan fingerprint density at radius 3 is 2.30 bits per heavy atom. The lowest BCUT2D eigenvalue weighted by molar-refractivity contribution is 0.556. The Hall–Kier alpha value is -2.06. The molecule has 2 N–H and O–H groups in total. The molecule has 102 valence electrons. The van der Waals surface area contributed by atoms with Gasteiger partial charge >= 0.3 is 0 Å². The first-order valence-electron chi connectivity index (χ1n) is 6.97. The first-order chi connectivity index (χ1) is 9.55. The number of benzene rings is 2. The molecule has 3 rings (SSSR count). The van der Waals surface area contributed by atoms with Gasteiger partial charge in [-0.05, 0) is 31.0 Å². The Morgan fingerprint density at radius 1 is 0.950 bits per heavy atom. The van der Waals surface area contributed by atoms with Crippen LogP contribution in [-0.2, 0) is 12.1 Å². The van der Waals surface area contributed by atoms with E-state index in [9.17, 15) is 0 Å². The van der Waals surface area contributed by atoms with Crippen molar-refractivity contribution in [2.24, 2.45) is 5.73 Å². The molecule has 3 aromatic rings. The maximum atomic E-state index is 6.32. The van der Waals surface area contributed by atoms with E-state index in [1.807, 2.05) is 6.07 Å². The second-order valence-electron chi connectivity index (χ2n) is 5.90. The minimum Gasteiger partial charge on any atom is -0.343 e. The van der Waals surface area contributed by atoms with Gasteiger partial charge in [0.05, 0.1) is 0 Å². The third kappa shape index (κ3) is 2.35. The van der Waals surface area contributed by atoms with Gasteiger partial charge in [-0.3, -0.25) is 0 Å².